The van der Waals surface area contributed by atoms with Crippen molar-refractivity contribution in [2.24, 2.45) is 0 Å². The van der Waals surface area contributed by atoms with Gasteiger partial charge in [-0.25, -0.2) is 5.48 Å². The van der Waals surface area contributed by atoms with Crippen molar-refractivity contribution in [3.05, 3.63) is 83.2 Å². The number of benzene rings is 2. The fourth-order valence-electron chi connectivity index (χ4n) is 2.59. The highest BCUT2D eigenvalue weighted by Crippen LogP contribution is 2.30. The van der Waals surface area contributed by atoms with E-state index in [2.05, 4.69) is 10.4 Å². The first-order chi connectivity index (χ1) is 13.8. The number of hydrogen-bond acceptors (Lipinski definition) is 4. The van der Waals surface area contributed by atoms with Crippen LogP contribution >= 0.6 is 0 Å². The minimum atomic E-state index is -4.71. The van der Waals surface area contributed by atoms with Crippen LogP contribution in [0.1, 0.15) is 32.1 Å². The van der Waals surface area contributed by atoms with E-state index in [4.69, 9.17) is 5.21 Å². The van der Waals surface area contributed by atoms with Gasteiger partial charge in [0.1, 0.15) is 5.69 Å². The third kappa shape index (κ3) is 4.79. The highest BCUT2D eigenvalue weighted by atomic mass is 19.4. The zero-order valence-corrected chi connectivity index (χ0v) is 14.8. The van der Waals surface area contributed by atoms with Gasteiger partial charge in [0.15, 0.2) is 5.69 Å². The number of hydrogen-bond donors (Lipinski definition) is 3. The zero-order chi connectivity index (χ0) is 21.0. The van der Waals surface area contributed by atoms with Crippen molar-refractivity contribution in [1.29, 1.82) is 0 Å². The van der Waals surface area contributed by atoms with E-state index in [0.717, 1.165) is 0 Å². The van der Waals surface area contributed by atoms with Crippen LogP contribution in [0.2, 0.25) is 0 Å². The highest BCUT2D eigenvalue weighted by molar-refractivity contribution is 6.02. The Hall–Kier alpha value is -3.66. The van der Waals surface area contributed by atoms with Gasteiger partial charge in [-0.1, -0.05) is 30.3 Å². The van der Waals surface area contributed by atoms with Crippen LogP contribution in [0, 0.1) is 0 Å². The maximum atomic E-state index is 13.4. The van der Waals surface area contributed by atoms with E-state index in [0.29, 0.717) is 22.0 Å². The average Bonchev–Trinajstić information content (AvgIpc) is 3.13. The summed E-state index contributed by atoms with van der Waals surface area (Å²) in [5.41, 5.74) is 0.996. The Morgan fingerprint density at radius 2 is 1.66 bits per heavy atom. The smallest absolute Gasteiger partial charge is 0.321 e. The van der Waals surface area contributed by atoms with Crippen LogP contribution in [0.5, 0.6) is 0 Å². The summed E-state index contributed by atoms with van der Waals surface area (Å²) < 4.78 is 40.9. The molecule has 0 saturated carbocycles. The Bertz CT molecular complexity index is 1020. The number of rotatable bonds is 5. The van der Waals surface area contributed by atoms with Crippen molar-refractivity contribution in [2.45, 2.75) is 12.7 Å². The molecule has 0 spiro atoms. The first kappa shape index (κ1) is 20.1. The number of alkyl halides is 3. The molecule has 0 atom stereocenters. The van der Waals surface area contributed by atoms with E-state index in [1.165, 1.54) is 29.7 Å². The fourth-order valence-corrected chi connectivity index (χ4v) is 2.59. The number of amides is 2. The summed E-state index contributed by atoms with van der Waals surface area (Å²) in [6.07, 6.45) is -4.71. The number of hydroxylamine groups is 1. The number of halogens is 3. The van der Waals surface area contributed by atoms with Crippen molar-refractivity contribution in [3.63, 3.8) is 0 Å². The van der Waals surface area contributed by atoms with E-state index < -0.39 is 23.7 Å². The first-order valence-corrected chi connectivity index (χ1v) is 8.33. The van der Waals surface area contributed by atoms with Gasteiger partial charge in [0, 0.05) is 17.3 Å². The molecule has 0 saturated heterocycles. The van der Waals surface area contributed by atoms with Gasteiger partial charge in [-0.3, -0.25) is 19.5 Å². The molecule has 29 heavy (non-hydrogen) atoms. The monoisotopic (exact) mass is 404 g/mol. The Morgan fingerprint density at radius 1 is 1.00 bits per heavy atom. The maximum Gasteiger partial charge on any atom is 0.433 e. The second-order valence-electron chi connectivity index (χ2n) is 6.03. The predicted octanol–water partition coefficient (Wildman–Crippen LogP) is 3.32. The van der Waals surface area contributed by atoms with Gasteiger partial charge in [0.05, 0.1) is 6.54 Å². The van der Waals surface area contributed by atoms with Crippen LogP contribution in [0.3, 0.4) is 0 Å². The van der Waals surface area contributed by atoms with Crippen molar-refractivity contribution in [3.8, 4) is 0 Å². The SMILES string of the molecule is O=C(NO)c1ccc(Cn2nc(C(=O)Nc3ccccc3)cc2C(F)(F)F)cc1. The van der Waals surface area contributed by atoms with Crippen molar-refractivity contribution < 1.29 is 28.0 Å². The summed E-state index contributed by atoms with van der Waals surface area (Å²) >= 11 is 0. The lowest BCUT2D eigenvalue weighted by Crippen LogP contribution is -2.18. The van der Waals surface area contributed by atoms with Gasteiger partial charge >= 0.3 is 6.18 Å². The second-order valence-corrected chi connectivity index (χ2v) is 6.03. The summed E-state index contributed by atoms with van der Waals surface area (Å²) in [7, 11) is 0. The van der Waals surface area contributed by atoms with Gasteiger partial charge in [0.25, 0.3) is 11.8 Å². The maximum absolute atomic E-state index is 13.4. The van der Waals surface area contributed by atoms with Crippen molar-refractivity contribution in [2.75, 3.05) is 5.32 Å². The van der Waals surface area contributed by atoms with Gasteiger partial charge < -0.3 is 5.32 Å². The van der Waals surface area contributed by atoms with Crippen LogP contribution in [0.4, 0.5) is 18.9 Å². The lowest BCUT2D eigenvalue weighted by atomic mass is 10.1. The lowest BCUT2D eigenvalue weighted by molar-refractivity contribution is -0.144. The summed E-state index contributed by atoms with van der Waals surface area (Å²) in [4.78, 5) is 23.6. The number of carbonyl (C=O) groups excluding carboxylic acids is 2. The minimum absolute atomic E-state index is 0.135. The summed E-state index contributed by atoms with van der Waals surface area (Å²) in [5.74, 6) is -1.51. The van der Waals surface area contributed by atoms with E-state index in [1.54, 1.807) is 30.3 Å². The molecule has 0 fully saturated rings. The largest absolute Gasteiger partial charge is 0.433 e. The molecule has 1 aromatic heterocycles. The number of aromatic nitrogens is 2. The zero-order valence-electron chi connectivity index (χ0n) is 14.8. The fraction of sp³-hybridized carbons (Fsp3) is 0.105. The molecule has 150 valence electrons. The molecule has 2 amide bonds. The Kier molecular flexibility index (Phi) is 5.64. The normalized spacial score (nSPS) is 11.2. The number of nitrogens with zero attached hydrogens (tertiary/aromatic N) is 2. The van der Waals surface area contributed by atoms with Gasteiger partial charge in [-0.05, 0) is 29.8 Å². The molecule has 3 N–H and O–H groups in total. The van der Waals surface area contributed by atoms with Crippen LogP contribution in [-0.2, 0) is 12.7 Å². The quantitative estimate of drug-likeness (QED) is 0.449. The van der Waals surface area contributed by atoms with Crippen LogP contribution in [-0.4, -0.2) is 26.8 Å². The highest BCUT2D eigenvalue weighted by Gasteiger charge is 2.36. The number of carbonyl (C=O) groups is 2. The van der Waals surface area contributed by atoms with E-state index in [-0.39, 0.29) is 17.8 Å². The van der Waals surface area contributed by atoms with Crippen LogP contribution in [0.15, 0.2) is 60.7 Å². The Balaban J connectivity index is 1.86. The van der Waals surface area contributed by atoms with E-state index in [9.17, 15) is 22.8 Å². The van der Waals surface area contributed by atoms with E-state index in [1.807, 2.05) is 0 Å². The Labute approximate surface area is 162 Å². The number of anilines is 1. The first-order valence-electron chi connectivity index (χ1n) is 8.33. The van der Waals surface area contributed by atoms with Gasteiger partial charge in [0.2, 0.25) is 0 Å². The molecular formula is C19H15F3N4O3. The van der Waals surface area contributed by atoms with Crippen molar-refractivity contribution in [1.82, 2.24) is 15.3 Å². The molecule has 0 unspecified atom stereocenters. The summed E-state index contributed by atoms with van der Waals surface area (Å²) in [5, 5.41) is 14.9. The molecule has 7 nitrogen and oxygen atoms in total. The second kappa shape index (κ2) is 8.15. The molecule has 3 rings (SSSR count). The third-order valence-corrected chi connectivity index (χ3v) is 3.98. The molecule has 0 radical (unpaired) electrons. The molecule has 0 aliphatic rings. The molecule has 0 bridgehead atoms. The minimum Gasteiger partial charge on any atom is -0.321 e. The Morgan fingerprint density at radius 3 is 2.24 bits per heavy atom. The average molecular weight is 404 g/mol. The van der Waals surface area contributed by atoms with Crippen molar-refractivity contribution >= 4 is 17.5 Å². The summed E-state index contributed by atoms with van der Waals surface area (Å²) in [6.45, 7) is -0.269. The topological polar surface area (TPSA) is 96.2 Å². The molecule has 0 aliphatic carbocycles. The van der Waals surface area contributed by atoms with Gasteiger partial charge in [-0.2, -0.15) is 18.3 Å². The molecular weight excluding hydrogens is 389 g/mol. The molecule has 1 heterocycles. The van der Waals surface area contributed by atoms with E-state index >= 15 is 0 Å². The van der Waals surface area contributed by atoms with Crippen LogP contribution in [0.25, 0.3) is 0 Å². The third-order valence-electron chi connectivity index (χ3n) is 3.98. The molecule has 2 aromatic carbocycles. The molecule has 10 heteroatoms. The molecule has 3 aromatic rings. The van der Waals surface area contributed by atoms with Gasteiger partial charge in [-0.15, -0.1) is 0 Å². The predicted molar refractivity (Wildman–Crippen MR) is 96.4 cm³/mol. The standard InChI is InChI=1S/C19H15F3N4O3/c20-19(21,22)16-10-15(18(28)23-14-4-2-1-3-5-14)24-26(16)11-12-6-8-13(9-7-12)17(27)25-29/h1-10,29H,11H2,(H,23,28)(H,25,27). The number of para-hydroxylation sites is 1. The lowest BCUT2D eigenvalue weighted by Gasteiger charge is -2.10. The number of nitrogens with one attached hydrogen (secondary N) is 2. The summed E-state index contributed by atoms with van der Waals surface area (Å²) in [6, 6.07) is 14.5. The molecule has 0 aliphatic heterocycles. The van der Waals surface area contributed by atoms with Crippen LogP contribution < -0.4 is 10.8 Å².